The quantitative estimate of drug-likeness (QED) is 0.769. The average molecular weight is 276 g/mol. The highest BCUT2D eigenvalue weighted by Crippen LogP contribution is 2.28. The number of sulfone groups is 1. The van der Waals surface area contributed by atoms with Crippen molar-refractivity contribution < 1.29 is 13.2 Å². The van der Waals surface area contributed by atoms with Crippen LogP contribution in [-0.4, -0.2) is 37.9 Å². The standard InChI is InChI=1S/C12H24N2O3S/c1-10(9-18(2,16)17)14-11(15)8-12(13)6-4-3-5-7-12/h10H,3-9,13H2,1-2H3,(H,14,15). The lowest BCUT2D eigenvalue weighted by Crippen LogP contribution is -2.48. The molecule has 1 saturated carbocycles. The fourth-order valence-corrected chi connectivity index (χ4v) is 3.57. The molecule has 0 aromatic rings. The molecule has 1 atom stereocenters. The summed E-state index contributed by atoms with van der Waals surface area (Å²) >= 11 is 0. The van der Waals surface area contributed by atoms with Crippen LogP contribution in [0.15, 0.2) is 0 Å². The summed E-state index contributed by atoms with van der Waals surface area (Å²) in [6.07, 6.45) is 6.54. The van der Waals surface area contributed by atoms with Gasteiger partial charge in [0.05, 0.1) is 5.75 Å². The summed E-state index contributed by atoms with van der Waals surface area (Å²) in [5.74, 6) is -0.174. The number of carbonyl (C=O) groups is 1. The molecule has 106 valence electrons. The fourth-order valence-electron chi connectivity index (χ4n) is 2.57. The van der Waals surface area contributed by atoms with Crippen LogP contribution < -0.4 is 11.1 Å². The van der Waals surface area contributed by atoms with Crippen LogP contribution in [0.3, 0.4) is 0 Å². The van der Waals surface area contributed by atoms with Gasteiger partial charge in [0.2, 0.25) is 5.91 Å². The summed E-state index contributed by atoms with van der Waals surface area (Å²) in [4.78, 5) is 11.8. The van der Waals surface area contributed by atoms with Crippen LogP contribution >= 0.6 is 0 Å². The summed E-state index contributed by atoms with van der Waals surface area (Å²) in [5.41, 5.74) is 5.79. The molecule has 1 fully saturated rings. The highest BCUT2D eigenvalue weighted by atomic mass is 32.2. The van der Waals surface area contributed by atoms with E-state index in [2.05, 4.69) is 5.32 Å². The number of rotatable bonds is 5. The molecule has 5 nitrogen and oxygen atoms in total. The predicted molar refractivity (Wildman–Crippen MR) is 71.9 cm³/mol. The van der Waals surface area contributed by atoms with Crippen LogP contribution in [0.4, 0.5) is 0 Å². The third-order valence-electron chi connectivity index (χ3n) is 3.32. The molecular formula is C12H24N2O3S. The monoisotopic (exact) mass is 276 g/mol. The van der Waals surface area contributed by atoms with Gasteiger partial charge in [0.15, 0.2) is 0 Å². The molecule has 0 spiro atoms. The Morgan fingerprint density at radius 2 is 1.89 bits per heavy atom. The predicted octanol–water partition coefficient (Wildman–Crippen LogP) is 0.587. The summed E-state index contributed by atoms with van der Waals surface area (Å²) in [7, 11) is -3.06. The number of carbonyl (C=O) groups excluding carboxylic acids is 1. The fraction of sp³-hybridized carbons (Fsp3) is 0.917. The number of amides is 1. The van der Waals surface area contributed by atoms with E-state index >= 15 is 0 Å². The molecular weight excluding hydrogens is 252 g/mol. The second kappa shape index (κ2) is 6.02. The number of hydrogen-bond acceptors (Lipinski definition) is 4. The molecule has 18 heavy (non-hydrogen) atoms. The first-order valence-corrected chi connectivity index (χ1v) is 8.52. The third-order valence-corrected chi connectivity index (χ3v) is 4.43. The normalized spacial score (nSPS) is 21.3. The maximum absolute atomic E-state index is 11.8. The zero-order chi connectivity index (χ0) is 13.8. The van der Waals surface area contributed by atoms with Crippen molar-refractivity contribution >= 4 is 15.7 Å². The van der Waals surface area contributed by atoms with E-state index in [4.69, 9.17) is 5.73 Å². The first-order chi connectivity index (χ1) is 8.20. The van der Waals surface area contributed by atoms with Crippen molar-refractivity contribution in [3.8, 4) is 0 Å². The van der Waals surface area contributed by atoms with E-state index in [1.165, 1.54) is 12.7 Å². The SMILES string of the molecule is CC(CS(C)(=O)=O)NC(=O)CC1(N)CCCCC1. The van der Waals surface area contributed by atoms with Gasteiger partial charge in [-0.15, -0.1) is 0 Å². The van der Waals surface area contributed by atoms with Gasteiger partial charge in [-0.1, -0.05) is 19.3 Å². The smallest absolute Gasteiger partial charge is 0.222 e. The van der Waals surface area contributed by atoms with Gasteiger partial charge < -0.3 is 11.1 Å². The van der Waals surface area contributed by atoms with E-state index in [9.17, 15) is 13.2 Å². The Morgan fingerprint density at radius 1 is 1.33 bits per heavy atom. The summed E-state index contributed by atoms with van der Waals surface area (Å²) in [5, 5.41) is 2.71. The van der Waals surface area contributed by atoms with Gasteiger partial charge in [-0.3, -0.25) is 4.79 Å². The van der Waals surface area contributed by atoms with Crippen molar-refractivity contribution in [2.45, 2.75) is 57.0 Å². The molecule has 6 heteroatoms. The van der Waals surface area contributed by atoms with Crippen molar-refractivity contribution in [1.82, 2.24) is 5.32 Å². The molecule has 0 aromatic heterocycles. The largest absolute Gasteiger partial charge is 0.353 e. The Hall–Kier alpha value is -0.620. The first kappa shape index (κ1) is 15.4. The van der Waals surface area contributed by atoms with Crippen molar-refractivity contribution in [2.24, 2.45) is 5.73 Å². The second-order valence-electron chi connectivity index (χ2n) is 5.66. The Labute approximate surface area is 109 Å². The van der Waals surface area contributed by atoms with Crippen molar-refractivity contribution in [3.05, 3.63) is 0 Å². The van der Waals surface area contributed by atoms with Crippen molar-refractivity contribution in [2.75, 3.05) is 12.0 Å². The molecule has 1 aliphatic rings. The second-order valence-corrected chi connectivity index (χ2v) is 7.85. The van der Waals surface area contributed by atoms with E-state index in [-0.39, 0.29) is 17.7 Å². The zero-order valence-corrected chi connectivity index (χ0v) is 12.1. The van der Waals surface area contributed by atoms with Crippen LogP contribution in [-0.2, 0) is 14.6 Å². The molecule has 1 unspecified atom stereocenters. The summed E-state index contributed by atoms with van der Waals surface area (Å²) in [6, 6.07) is -0.361. The van der Waals surface area contributed by atoms with Gasteiger partial charge in [0, 0.05) is 24.3 Å². The van der Waals surface area contributed by atoms with Gasteiger partial charge in [0.25, 0.3) is 0 Å². The minimum atomic E-state index is -3.06. The molecule has 1 rings (SSSR count). The number of nitrogens with two attached hydrogens (primary N) is 1. The lowest BCUT2D eigenvalue weighted by Gasteiger charge is -2.33. The molecule has 1 amide bonds. The maximum Gasteiger partial charge on any atom is 0.222 e. The van der Waals surface area contributed by atoms with E-state index in [0.717, 1.165) is 25.7 Å². The van der Waals surface area contributed by atoms with Gasteiger partial charge in [-0.2, -0.15) is 0 Å². The molecule has 0 aromatic carbocycles. The average Bonchev–Trinajstić information content (AvgIpc) is 2.13. The molecule has 0 aliphatic heterocycles. The highest BCUT2D eigenvalue weighted by Gasteiger charge is 2.30. The van der Waals surface area contributed by atoms with E-state index in [1.54, 1.807) is 6.92 Å². The molecule has 3 N–H and O–H groups in total. The Kier molecular flexibility index (Phi) is 5.16. The zero-order valence-electron chi connectivity index (χ0n) is 11.2. The molecule has 0 saturated heterocycles. The minimum Gasteiger partial charge on any atom is -0.353 e. The molecule has 1 aliphatic carbocycles. The van der Waals surface area contributed by atoms with Crippen LogP contribution in [0, 0.1) is 0 Å². The molecule has 0 bridgehead atoms. The molecule has 0 heterocycles. The van der Waals surface area contributed by atoms with Gasteiger partial charge >= 0.3 is 0 Å². The van der Waals surface area contributed by atoms with Gasteiger partial charge in [0.1, 0.15) is 9.84 Å². The highest BCUT2D eigenvalue weighted by molar-refractivity contribution is 7.90. The van der Waals surface area contributed by atoms with Gasteiger partial charge in [-0.25, -0.2) is 8.42 Å². The third kappa shape index (κ3) is 5.82. The Bertz CT molecular complexity index is 386. The van der Waals surface area contributed by atoms with E-state index < -0.39 is 15.4 Å². The van der Waals surface area contributed by atoms with Crippen LogP contribution in [0.1, 0.15) is 45.4 Å². The van der Waals surface area contributed by atoms with E-state index in [0.29, 0.717) is 6.42 Å². The van der Waals surface area contributed by atoms with Crippen LogP contribution in [0.25, 0.3) is 0 Å². The van der Waals surface area contributed by atoms with Gasteiger partial charge in [-0.05, 0) is 19.8 Å². The van der Waals surface area contributed by atoms with Crippen LogP contribution in [0.2, 0.25) is 0 Å². The minimum absolute atomic E-state index is 0.0314. The van der Waals surface area contributed by atoms with E-state index in [1.807, 2.05) is 0 Å². The van der Waals surface area contributed by atoms with Crippen LogP contribution in [0.5, 0.6) is 0 Å². The van der Waals surface area contributed by atoms with Crippen molar-refractivity contribution in [1.29, 1.82) is 0 Å². The first-order valence-electron chi connectivity index (χ1n) is 6.46. The topological polar surface area (TPSA) is 89.3 Å². The maximum atomic E-state index is 11.8. The summed E-state index contributed by atoms with van der Waals surface area (Å²) < 4.78 is 22.2. The lowest BCUT2D eigenvalue weighted by atomic mass is 9.80. The number of nitrogens with one attached hydrogen (secondary N) is 1. The summed E-state index contributed by atoms with van der Waals surface area (Å²) in [6.45, 7) is 1.70. The molecule has 0 radical (unpaired) electrons. The lowest BCUT2D eigenvalue weighted by molar-refractivity contribution is -0.123. The Balaban J connectivity index is 2.41. The number of hydrogen-bond donors (Lipinski definition) is 2. The Morgan fingerprint density at radius 3 is 2.39 bits per heavy atom. The van der Waals surface area contributed by atoms with Crippen molar-refractivity contribution in [3.63, 3.8) is 0 Å².